The number of amides is 1. The summed E-state index contributed by atoms with van der Waals surface area (Å²) in [5.74, 6) is -0.0909. The van der Waals surface area contributed by atoms with Gasteiger partial charge in [-0.2, -0.15) is 0 Å². The summed E-state index contributed by atoms with van der Waals surface area (Å²) in [6, 6.07) is 9.97. The zero-order valence-electron chi connectivity index (χ0n) is 9.75. The normalized spacial score (nSPS) is 10.1. The van der Waals surface area contributed by atoms with Gasteiger partial charge in [-0.1, -0.05) is 6.07 Å². The fourth-order valence-corrected chi connectivity index (χ4v) is 2.04. The average molecular weight is 260 g/mol. The number of carbonyl (C=O) groups is 1. The Hall–Kier alpha value is -2.01. The first-order valence-corrected chi connectivity index (χ1v) is 6.52. The molecule has 18 heavy (non-hydrogen) atoms. The van der Waals surface area contributed by atoms with Gasteiger partial charge in [-0.15, -0.1) is 11.8 Å². The van der Waals surface area contributed by atoms with Crippen LogP contribution in [0.2, 0.25) is 0 Å². The Balaban J connectivity index is 2.22. The molecule has 2 aromatic rings. The molecular formula is C13H12N2O2S. The fraction of sp³-hybridized carbons (Fsp3) is 0.0769. The lowest BCUT2D eigenvalue weighted by atomic mass is 10.2. The number of hydrogen-bond donors (Lipinski definition) is 2. The Morgan fingerprint density at radius 3 is 2.83 bits per heavy atom. The Kier molecular flexibility index (Phi) is 3.84. The average Bonchev–Trinajstić information content (AvgIpc) is 2.41. The number of aromatic nitrogens is 1. The molecule has 0 spiro atoms. The first-order valence-electron chi connectivity index (χ1n) is 5.30. The van der Waals surface area contributed by atoms with Crippen LogP contribution in [0.4, 0.5) is 5.69 Å². The van der Waals surface area contributed by atoms with Crippen LogP contribution in [0, 0.1) is 0 Å². The van der Waals surface area contributed by atoms with Gasteiger partial charge in [-0.3, -0.25) is 9.78 Å². The summed E-state index contributed by atoms with van der Waals surface area (Å²) in [4.78, 5) is 16.7. The van der Waals surface area contributed by atoms with Crippen LogP contribution in [-0.4, -0.2) is 22.3 Å². The van der Waals surface area contributed by atoms with Gasteiger partial charge in [-0.25, -0.2) is 0 Å². The number of thioether (sulfide) groups is 1. The number of pyridine rings is 1. The van der Waals surface area contributed by atoms with Crippen LogP contribution in [0.25, 0.3) is 0 Å². The van der Waals surface area contributed by atoms with Gasteiger partial charge in [0.05, 0.1) is 5.69 Å². The summed E-state index contributed by atoms with van der Waals surface area (Å²) in [6.45, 7) is 0. The molecule has 0 bridgehead atoms. The zero-order valence-corrected chi connectivity index (χ0v) is 10.6. The van der Waals surface area contributed by atoms with Gasteiger partial charge in [0, 0.05) is 11.1 Å². The molecule has 0 aliphatic carbocycles. The number of nitrogens with one attached hydrogen (secondary N) is 1. The van der Waals surface area contributed by atoms with Crippen molar-refractivity contribution in [2.24, 2.45) is 0 Å². The molecule has 0 radical (unpaired) electrons. The number of anilines is 1. The van der Waals surface area contributed by atoms with E-state index in [0.717, 1.165) is 4.90 Å². The second kappa shape index (κ2) is 5.55. The van der Waals surface area contributed by atoms with Gasteiger partial charge >= 0.3 is 0 Å². The van der Waals surface area contributed by atoms with Crippen LogP contribution in [-0.2, 0) is 0 Å². The summed E-state index contributed by atoms with van der Waals surface area (Å²) >= 11 is 1.45. The molecule has 1 aromatic heterocycles. The molecule has 0 saturated carbocycles. The van der Waals surface area contributed by atoms with Crippen molar-refractivity contribution in [3.05, 3.63) is 48.3 Å². The van der Waals surface area contributed by atoms with Crippen LogP contribution >= 0.6 is 11.8 Å². The Morgan fingerprint density at radius 2 is 2.17 bits per heavy atom. The molecule has 0 saturated heterocycles. The first kappa shape index (κ1) is 12.4. The lowest BCUT2D eigenvalue weighted by molar-refractivity contribution is 0.102. The molecule has 2 rings (SSSR count). The summed E-state index contributed by atoms with van der Waals surface area (Å²) in [5, 5.41) is 12.2. The monoisotopic (exact) mass is 260 g/mol. The van der Waals surface area contributed by atoms with E-state index in [-0.39, 0.29) is 11.7 Å². The smallest absolute Gasteiger partial charge is 0.274 e. The second-order valence-corrected chi connectivity index (χ2v) is 4.40. The summed E-state index contributed by atoms with van der Waals surface area (Å²) in [6.07, 6.45) is 3.45. The number of rotatable bonds is 3. The number of hydrogen-bond acceptors (Lipinski definition) is 4. The second-order valence-electron chi connectivity index (χ2n) is 3.55. The van der Waals surface area contributed by atoms with E-state index in [1.54, 1.807) is 36.5 Å². The van der Waals surface area contributed by atoms with Crippen LogP contribution in [0.3, 0.4) is 0 Å². The van der Waals surface area contributed by atoms with Crippen molar-refractivity contribution in [3.8, 4) is 5.75 Å². The van der Waals surface area contributed by atoms with Crippen LogP contribution in [0.15, 0.2) is 47.5 Å². The van der Waals surface area contributed by atoms with Crippen molar-refractivity contribution in [2.75, 3.05) is 11.6 Å². The van der Waals surface area contributed by atoms with Crippen LogP contribution < -0.4 is 5.32 Å². The zero-order chi connectivity index (χ0) is 13.0. The molecule has 0 fully saturated rings. The van der Waals surface area contributed by atoms with E-state index in [1.165, 1.54) is 17.8 Å². The van der Waals surface area contributed by atoms with E-state index >= 15 is 0 Å². The molecule has 92 valence electrons. The third-order valence-corrected chi connectivity index (χ3v) is 3.11. The van der Waals surface area contributed by atoms with Gasteiger partial charge in [0.15, 0.2) is 0 Å². The van der Waals surface area contributed by atoms with Crippen molar-refractivity contribution < 1.29 is 9.90 Å². The Labute approximate surface area is 109 Å². The van der Waals surface area contributed by atoms with Gasteiger partial charge in [0.1, 0.15) is 11.4 Å². The van der Waals surface area contributed by atoms with E-state index in [2.05, 4.69) is 10.3 Å². The molecule has 1 amide bonds. The Morgan fingerprint density at radius 1 is 1.33 bits per heavy atom. The van der Waals surface area contributed by atoms with Crippen molar-refractivity contribution in [1.82, 2.24) is 4.98 Å². The molecule has 1 aromatic carbocycles. The van der Waals surface area contributed by atoms with E-state index in [4.69, 9.17) is 0 Å². The number of carbonyl (C=O) groups excluding carboxylic acids is 1. The highest BCUT2D eigenvalue weighted by atomic mass is 32.2. The largest absolute Gasteiger partial charge is 0.508 e. The molecular weight excluding hydrogens is 248 g/mol. The van der Waals surface area contributed by atoms with Gasteiger partial charge in [0.25, 0.3) is 5.91 Å². The minimum atomic E-state index is -0.267. The maximum Gasteiger partial charge on any atom is 0.274 e. The topological polar surface area (TPSA) is 62.2 Å². The third-order valence-electron chi connectivity index (χ3n) is 2.33. The maximum atomic E-state index is 11.9. The molecule has 0 aliphatic rings. The predicted octanol–water partition coefficient (Wildman–Crippen LogP) is 2.76. The van der Waals surface area contributed by atoms with E-state index in [9.17, 15) is 9.90 Å². The summed E-state index contributed by atoms with van der Waals surface area (Å²) < 4.78 is 0. The first-order chi connectivity index (χ1) is 8.70. The van der Waals surface area contributed by atoms with E-state index in [1.807, 2.05) is 6.26 Å². The fourth-order valence-electron chi connectivity index (χ4n) is 1.47. The van der Waals surface area contributed by atoms with Gasteiger partial charge in [-0.05, 0) is 36.6 Å². The SMILES string of the molecule is CSc1cc(O)ccc1NC(=O)c1ccccn1. The van der Waals surface area contributed by atoms with Gasteiger partial charge < -0.3 is 10.4 Å². The highest BCUT2D eigenvalue weighted by Crippen LogP contribution is 2.29. The van der Waals surface area contributed by atoms with Crippen molar-refractivity contribution in [2.45, 2.75) is 4.90 Å². The summed E-state index contributed by atoms with van der Waals surface area (Å²) in [5.41, 5.74) is 1.02. The molecule has 4 nitrogen and oxygen atoms in total. The van der Waals surface area contributed by atoms with Crippen molar-refractivity contribution >= 4 is 23.4 Å². The number of aromatic hydroxyl groups is 1. The lowest BCUT2D eigenvalue weighted by Crippen LogP contribution is -2.13. The maximum absolute atomic E-state index is 11.9. The lowest BCUT2D eigenvalue weighted by Gasteiger charge is -2.09. The molecule has 0 atom stereocenters. The van der Waals surface area contributed by atoms with Gasteiger partial charge in [0.2, 0.25) is 0 Å². The summed E-state index contributed by atoms with van der Waals surface area (Å²) in [7, 11) is 0. The highest BCUT2D eigenvalue weighted by Gasteiger charge is 2.09. The number of benzene rings is 1. The van der Waals surface area contributed by atoms with E-state index < -0.39 is 0 Å². The number of nitrogens with zero attached hydrogens (tertiary/aromatic N) is 1. The minimum absolute atomic E-state index is 0.176. The van der Waals surface area contributed by atoms with Crippen molar-refractivity contribution in [1.29, 1.82) is 0 Å². The molecule has 5 heteroatoms. The molecule has 0 aliphatic heterocycles. The standard InChI is InChI=1S/C13H12N2O2S/c1-18-12-8-9(16)5-6-10(12)15-13(17)11-4-2-3-7-14-11/h2-8,16H,1H3,(H,15,17). The predicted molar refractivity (Wildman–Crippen MR) is 72.1 cm³/mol. The molecule has 0 unspecified atom stereocenters. The molecule has 1 heterocycles. The van der Waals surface area contributed by atoms with Crippen molar-refractivity contribution in [3.63, 3.8) is 0 Å². The Bertz CT molecular complexity index is 558. The number of phenolic OH excluding ortho intramolecular Hbond substituents is 1. The van der Waals surface area contributed by atoms with Crippen LogP contribution in [0.5, 0.6) is 5.75 Å². The quantitative estimate of drug-likeness (QED) is 0.658. The molecule has 2 N–H and O–H groups in total. The third kappa shape index (κ3) is 2.81. The van der Waals surface area contributed by atoms with Crippen LogP contribution in [0.1, 0.15) is 10.5 Å². The van der Waals surface area contributed by atoms with E-state index in [0.29, 0.717) is 11.4 Å². The highest BCUT2D eigenvalue weighted by molar-refractivity contribution is 7.98. The number of phenols is 1. The minimum Gasteiger partial charge on any atom is -0.508 e.